The van der Waals surface area contributed by atoms with Gasteiger partial charge in [-0.15, -0.1) is 11.3 Å². The minimum atomic E-state index is 0.359. The summed E-state index contributed by atoms with van der Waals surface area (Å²) < 4.78 is 0. The summed E-state index contributed by atoms with van der Waals surface area (Å²) in [4.78, 5) is 4.31. The largest absolute Gasteiger partial charge is 0.327 e. The first kappa shape index (κ1) is 11.0. The second-order valence-electron chi connectivity index (χ2n) is 4.36. The Balaban J connectivity index is 1.78. The average molecular weight is 225 g/mol. The van der Waals surface area contributed by atoms with Gasteiger partial charge in [-0.05, 0) is 25.7 Å². The van der Waals surface area contributed by atoms with E-state index in [1.165, 1.54) is 24.3 Å². The molecule has 4 heteroatoms. The summed E-state index contributed by atoms with van der Waals surface area (Å²) in [7, 11) is 0. The number of nitrogens with zero attached hydrogens (tertiary/aromatic N) is 1. The third kappa shape index (κ3) is 2.77. The lowest BCUT2D eigenvalue weighted by Gasteiger charge is -2.18. The van der Waals surface area contributed by atoms with Gasteiger partial charge in [-0.2, -0.15) is 0 Å². The van der Waals surface area contributed by atoms with Gasteiger partial charge in [0, 0.05) is 24.2 Å². The van der Waals surface area contributed by atoms with E-state index in [2.05, 4.69) is 17.2 Å². The Morgan fingerprint density at radius 2 is 2.53 bits per heavy atom. The molecule has 15 heavy (non-hydrogen) atoms. The van der Waals surface area contributed by atoms with Crippen molar-refractivity contribution in [3.8, 4) is 0 Å². The lowest BCUT2D eigenvalue weighted by atomic mass is 10.0. The Hall–Kier alpha value is -0.450. The van der Waals surface area contributed by atoms with E-state index in [0.717, 1.165) is 6.54 Å². The van der Waals surface area contributed by atoms with Crippen LogP contribution in [0.5, 0.6) is 0 Å². The maximum Gasteiger partial charge on any atom is 0.109 e. The van der Waals surface area contributed by atoms with Crippen LogP contribution in [0.15, 0.2) is 11.6 Å². The molecule has 0 aliphatic heterocycles. The second-order valence-corrected chi connectivity index (χ2v) is 5.28. The van der Waals surface area contributed by atoms with Crippen LogP contribution in [0.25, 0.3) is 0 Å². The number of hydrogen-bond acceptors (Lipinski definition) is 4. The first-order valence-corrected chi connectivity index (χ1v) is 6.53. The third-order valence-electron chi connectivity index (χ3n) is 3.23. The zero-order valence-electron chi connectivity index (χ0n) is 9.15. The molecule has 1 heterocycles. The standard InChI is InChI=1S/C11H19N3S/c1-8(11-13-5-6-15-11)14-7-9-3-2-4-10(9)12/h5-6,8-10,14H,2-4,7,12H2,1H3. The van der Waals surface area contributed by atoms with Gasteiger partial charge in [0.15, 0.2) is 0 Å². The van der Waals surface area contributed by atoms with Crippen molar-refractivity contribution in [1.29, 1.82) is 0 Å². The number of aromatic nitrogens is 1. The summed E-state index contributed by atoms with van der Waals surface area (Å²) in [6, 6.07) is 0.763. The summed E-state index contributed by atoms with van der Waals surface area (Å²) >= 11 is 1.71. The Bertz CT molecular complexity index is 286. The zero-order valence-corrected chi connectivity index (χ0v) is 9.96. The number of nitrogens with two attached hydrogens (primary N) is 1. The molecule has 0 saturated heterocycles. The molecule has 3 nitrogen and oxygen atoms in total. The number of hydrogen-bond donors (Lipinski definition) is 2. The predicted molar refractivity (Wildman–Crippen MR) is 63.8 cm³/mol. The minimum Gasteiger partial charge on any atom is -0.327 e. The first-order valence-electron chi connectivity index (χ1n) is 5.65. The van der Waals surface area contributed by atoms with Crippen LogP contribution in [0, 0.1) is 5.92 Å². The highest BCUT2D eigenvalue weighted by Gasteiger charge is 2.24. The van der Waals surface area contributed by atoms with E-state index in [-0.39, 0.29) is 0 Å². The fraction of sp³-hybridized carbons (Fsp3) is 0.727. The molecule has 0 spiro atoms. The molecule has 0 bridgehead atoms. The zero-order chi connectivity index (χ0) is 10.7. The SMILES string of the molecule is CC(NCC1CCCC1N)c1nccs1. The summed E-state index contributed by atoms with van der Waals surface area (Å²) in [6.07, 6.45) is 5.62. The molecule has 3 N–H and O–H groups in total. The fourth-order valence-corrected chi connectivity index (χ4v) is 2.85. The van der Waals surface area contributed by atoms with E-state index in [1.54, 1.807) is 11.3 Å². The highest BCUT2D eigenvalue weighted by molar-refractivity contribution is 7.09. The van der Waals surface area contributed by atoms with Crippen LogP contribution in [0.1, 0.15) is 37.2 Å². The molecule has 0 aromatic carbocycles. The van der Waals surface area contributed by atoms with E-state index in [4.69, 9.17) is 5.73 Å². The maximum absolute atomic E-state index is 6.03. The van der Waals surface area contributed by atoms with E-state index in [1.807, 2.05) is 11.6 Å². The predicted octanol–water partition coefficient (Wildman–Crippen LogP) is 1.92. The van der Waals surface area contributed by atoms with Gasteiger partial charge in [-0.1, -0.05) is 6.42 Å². The Kier molecular flexibility index (Phi) is 3.72. The van der Waals surface area contributed by atoms with E-state index in [9.17, 15) is 0 Å². The Labute approximate surface area is 95.1 Å². The Morgan fingerprint density at radius 3 is 3.13 bits per heavy atom. The van der Waals surface area contributed by atoms with Crippen molar-refractivity contribution in [3.63, 3.8) is 0 Å². The van der Waals surface area contributed by atoms with Crippen LogP contribution in [0.4, 0.5) is 0 Å². The minimum absolute atomic E-state index is 0.359. The van der Waals surface area contributed by atoms with Gasteiger partial charge in [0.25, 0.3) is 0 Å². The summed E-state index contributed by atoms with van der Waals surface area (Å²) in [5, 5.41) is 6.72. The number of nitrogens with one attached hydrogen (secondary N) is 1. The van der Waals surface area contributed by atoms with Crippen molar-refractivity contribution in [2.75, 3.05) is 6.54 Å². The molecule has 84 valence electrons. The number of rotatable bonds is 4. The van der Waals surface area contributed by atoms with E-state index < -0.39 is 0 Å². The van der Waals surface area contributed by atoms with E-state index in [0.29, 0.717) is 18.0 Å². The number of thiazole rings is 1. The topological polar surface area (TPSA) is 50.9 Å². The molecule has 0 amide bonds. The van der Waals surface area contributed by atoms with Crippen molar-refractivity contribution >= 4 is 11.3 Å². The first-order chi connectivity index (χ1) is 7.27. The molecule has 1 fully saturated rings. The monoisotopic (exact) mass is 225 g/mol. The maximum atomic E-state index is 6.03. The van der Waals surface area contributed by atoms with Crippen LogP contribution in [0.2, 0.25) is 0 Å². The molecule has 1 aromatic rings. The molecule has 2 rings (SSSR count). The van der Waals surface area contributed by atoms with Crippen molar-refractivity contribution in [2.45, 2.75) is 38.3 Å². The van der Waals surface area contributed by atoms with Gasteiger partial charge in [-0.3, -0.25) is 0 Å². The summed E-state index contributed by atoms with van der Waals surface area (Å²) in [5.41, 5.74) is 6.03. The lowest BCUT2D eigenvalue weighted by molar-refractivity contribution is 0.416. The fourth-order valence-electron chi connectivity index (χ4n) is 2.18. The molecule has 3 unspecified atom stereocenters. The molecule has 1 aliphatic carbocycles. The van der Waals surface area contributed by atoms with Crippen LogP contribution >= 0.6 is 11.3 Å². The van der Waals surface area contributed by atoms with E-state index >= 15 is 0 Å². The smallest absolute Gasteiger partial charge is 0.109 e. The summed E-state index contributed by atoms with van der Waals surface area (Å²) in [5.74, 6) is 0.660. The van der Waals surface area contributed by atoms with Crippen molar-refractivity contribution in [3.05, 3.63) is 16.6 Å². The molecule has 1 saturated carbocycles. The molecule has 1 aromatic heterocycles. The van der Waals surface area contributed by atoms with Gasteiger partial charge in [-0.25, -0.2) is 4.98 Å². The van der Waals surface area contributed by atoms with Gasteiger partial charge in [0.1, 0.15) is 5.01 Å². The van der Waals surface area contributed by atoms with Crippen LogP contribution in [-0.4, -0.2) is 17.6 Å². The molecule has 3 atom stereocenters. The van der Waals surface area contributed by atoms with Crippen molar-refractivity contribution < 1.29 is 0 Å². The Morgan fingerprint density at radius 1 is 1.67 bits per heavy atom. The summed E-state index contributed by atoms with van der Waals surface area (Å²) in [6.45, 7) is 3.20. The second kappa shape index (κ2) is 5.05. The van der Waals surface area contributed by atoms with Gasteiger partial charge >= 0.3 is 0 Å². The molecular weight excluding hydrogens is 206 g/mol. The average Bonchev–Trinajstić information content (AvgIpc) is 2.85. The van der Waals surface area contributed by atoms with Crippen molar-refractivity contribution in [2.24, 2.45) is 11.7 Å². The van der Waals surface area contributed by atoms with Crippen LogP contribution in [-0.2, 0) is 0 Å². The highest BCUT2D eigenvalue weighted by atomic mass is 32.1. The van der Waals surface area contributed by atoms with Crippen LogP contribution < -0.4 is 11.1 Å². The van der Waals surface area contributed by atoms with Gasteiger partial charge in [0.2, 0.25) is 0 Å². The third-order valence-corrected chi connectivity index (χ3v) is 4.18. The van der Waals surface area contributed by atoms with Gasteiger partial charge in [0.05, 0.1) is 6.04 Å². The lowest BCUT2D eigenvalue weighted by Crippen LogP contribution is -2.34. The quantitative estimate of drug-likeness (QED) is 0.823. The highest BCUT2D eigenvalue weighted by Crippen LogP contribution is 2.24. The molecule has 1 aliphatic rings. The normalized spacial score (nSPS) is 28.1. The molecule has 0 radical (unpaired) electrons. The van der Waals surface area contributed by atoms with Crippen molar-refractivity contribution in [1.82, 2.24) is 10.3 Å². The molecular formula is C11H19N3S. The van der Waals surface area contributed by atoms with Gasteiger partial charge < -0.3 is 11.1 Å². The van der Waals surface area contributed by atoms with Crippen LogP contribution in [0.3, 0.4) is 0 Å².